The Morgan fingerprint density at radius 1 is 1.00 bits per heavy atom. The second-order valence-corrected chi connectivity index (χ2v) is 4.39. The van der Waals surface area contributed by atoms with Gasteiger partial charge < -0.3 is 0 Å². The van der Waals surface area contributed by atoms with Crippen LogP contribution in [-0.4, -0.2) is 20.0 Å². The normalized spacial score (nSPS) is 11.7. The van der Waals surface area contributed by atoms with Crippen LogP contribution < -0.4 is 4.46 Å². The first-order valence-corrected chi connectivity index (χ1v) is 4.70. The zero-order valence-corrected chi connectivity index (χ0v) is 7.44. The summed E-state index contributed by atoms with van der Waals surface area (Å²) < 4.78 is 47.7. The minimum absolute atomic E-state index is 0.136. The van der Waals surface area contributed by atoms with E-state index in [1.165, 1.54) is 0 Å². The number of alkyl halides is 3. The zero-order chi connectivity index (χ0) is 9.19. The Morgan fingerprint density at radius 2 is 1.50 bits per heavy atom. The van der Waals surface area contributed by atoms with Crippen molar-refractivity contribution >= 4 is 19.4 Å². The van der Waals surface area contributed by atoms with Gasteiger partial charge in [0.05, 0.1) is 0 Å². The molecule has 1 rings (SSSR count). The summed E-state index contributed by atoms with van der Waals surface area (Å²) in [6.07, 6.45) is 0. The summed E-state index contributed by atoms with van der Waals surface area (Å²) >= 11 is -1.57. The van der Waals surface area contributed by atoms with Crippen LogP contribution in [0.5, 0.6) is 0 Å². The first kappa shape index (κ1) is 9.55. The molecule has 0 bridgehead atoms. The molecule has 0 nitrogen and oxygen atoms in total. The molecule has 0 unspecified atom stereocenters. The molecule has 0 aliphatic heterocycles. The van der Waals surface area contributed by atoms with Crippen LogP contribution in [0.3, 0.4) is 0 Å². The van der Waals surface area contributed by atoms with E-state index >= 15 is 0 Å². The molecule has 0 amide bonds. The van der Waals surface area contributed by atoms with Crippen molar-refractivity contribution in [1.82, 2.24) is 0 Å². The first-order valence-electron chi connectivity index (χ1n) is 2.99. The van der Waals surface area contributed by atoms with E-state index in [1.807, 2.05) is 0 Å². The molecule has 0 N–H and O–H groups in total. The number of halogens is 4. The van der Waals surface area contributed by atoms with E-state index < -0.39 is 25.8 Å². The number of rotatable bonds is 1. The van der Waals surface area contributed by atoms with Gasteiger partial charge in [0.2, 0.25) is 0 Å². The molecule has 0 heterocycles. The number of hydrogen-bond acceptors (Lipinski definition) is 0. The summed E-state index contributed by atoms with van der Waals surface area (Å²) in [7, 11) is 0. The van der Waals surface area contributed by atoms with E-state index in [0.29, 0.717) is 0 Å². The molecule has 0 atom stereocenters. The van der Waals surface area contributed by atoms with E-state index in [2.05, 4.69) is 0 Å². The van der Waals surface area contributed by atoms with Gasteiger partial charge in [0, 0.05) is 0 Å². The fourth-order valence-corrected chi connectivity index (χ4v) is 1.77. The molecule has 0 aromatic heterocycles. The van der Waals surface area contributed by atoms with Crippen LogP contribution in [0.1, 0.15) is 0 Å². The molecule has 0 saturated carbocycles. The van der Waals surface area contributed by atoms with Gasteiger partial charge in [0.15, 0.2) is 0 Å². The van der Waals surface area contributed by atoms with Gasteiger partial charge in [-0.25, -0.2) is 0 Å². The van der Waals surface area contributed by atoms with E-state index in [9.17, 15) is 17.6 Å². The average molecular weight is 243 g/mol. The molecular formula is C7H4F4Se. The summed E-state index contributed by atoms with van der Waals surface area (Å²) in [5, 5.41) is -4.16. The predicted octanol–water partition coefficient (Wildman–Crippen LogP) is 1.67. The Hall–Kier alpha value is -0.541. The Bertz CT molecular complexity index is 251. The fourth-order valence-electron chi connectivity index (χ4n) is 0.636. The zero-order valence-electron chi connectivity index (χ0n) is 5.73. The van der Waals surface area contributed by atoms with Crippen molar-refractivity contribution in [3.63, 3.8) is 0 Å². The van der Waals surface area contributed by atoms with Gasteiger partial charge in [-0.3, -0.25) is 0 Å². The van der Waals surface area contributed by atoms with Crippen molar-refractivity contribution in [1.29, 1.82) is 0 Å². The Balaban J connectivity index is 2.71. The van der Waals surface area contributed by atoms with Crippen LogP contribution in [-0.2, 0) is 0 Å². The van der Waals surface area contributed by atoms with Gasteiger partial charge >= 0.3 is 72.1 Å². The molecule has 0 saturated heterocycles. The van der Waals surface area contributed by atoms with Crippen LogP contribution in [0.15, 0.2) is 24.3 Å². The van der Waals surface area contributed by atoms with Crippen LogP contribution in [0.25, 0.3) is 0 Å². The van der Waals surface area contributed by atoms with E-state index in [-0.39, 0.29) is 4.46 Å². The van der Waals surface area contributed by atoms with Gasteiger partial charge in [-0.15, -0.1) is 0 Å². The molecule has 12 heavy (non-hydrogen) atoms. The average Bonchev–Trinajstić information content (AvgIpc) is 1.91. The van der Waals surface area contributed by atoms with Crippen molar-refractivity contribution in [3.05, 3.63) is 30.1 Å². The third-order valence-corrected chi connectivity index (χ3v) is 2.60. The van der Waals surface area contributed by atoms with Crippen LogP contribution in [0.4, 0.5) is 17.6 Å². The topological polar surface area (TPSA) is 0 Å². The quantitative estimate of drug-likeness (QED) is 0.520. The Morgan fingerprint density at radius 3 is 1.92 bits per heavy atom. The van der Waals surface area contributed by atoms with Crippen molar-refractivity contribution in [2.75, 3.05) is 0 Å². The summed E-state index contributed by atoms with van der Waals surface area (Å²) in [6.45, 7) is 0. The standard InChI is InChI=1S/C7H4F4Se/c8-5-1-3-6(4-2-5)12-7(9,10)11/h1-4H. The second kappa shape index (κ2) is 3.45. The monoisotopic (exact) mass is 244 g/mol. The van der Waals surface area contributed by atoms with E-state index in [1.54, 1.807) is 0 Å². The molecule has 1 aromatic rings. The molecule has 1 aromatic carbocycles. The Labute approximate surface area is 72.7 Å². The molecule has 0 spiro atoms. The molecule has 0 aliphatic rings. The van der Waals surface area contributed by atoms with E-state index in [0.717, 1.165) is 24.3 Å². The van der Waals surface area contributed by atoms with E-state index in [4.69, 9.17) is 0 Å². The molecular weight excluding hydrogens is 239 g/mol. The SMILES string of the molecule is Fc1ccc([Se]C(F)(F)F)cc1. The predicted molar refractivity (Wildman–Crippen MR) is 37.8 cm³/mol. The third-order valence-electron chi connectivity index (χ3n) is 1.05. The van der Waals surface area contributed by atoms with Crippen molar-refractivity contribution in [2.45, 2.75) is 5.07 Å². The minimum atomic E-state index is -4.16. The summed E-state index contributed by atoms with van der Waals surface area (Å²) in [5.41, 5.74) is 0. The fraction of sp³-hybridized carbons (Fsp3) is 0.143. The third kappa shape index (κ3) is 3.24. The summed E-state index contributed by atoms with van der Waals surface area (Å²) in [6, 6.07) is 4.37. The molecule has 0 aliphatic carbocycles. The summed E-state index contributed by atoms with van der Waals surface area (Å²) in [4.78, 5) is 0. The van der Waals surface area contributed by atoms with Gasteiger partial charge in [-0.1, -0.05) is 0 Å². The molecule has 5 heteroatoms. The summed E-state index contributed by atoms with van der Waals surface area (Å²) in [5.74, 6) is -0.517. The number of benzene rings is 1. The van der Waals surface area contributed by atoms with Gasteiger partial charge in [-0.2, -0.15) is 0 Å². The van der Waals surface area contributed by atoms with Crippen LogP contribution in [0, 0.1) is 5.82 Å². The van der Waals surface area contributed by atoms with Crippen molar-refractivity contribution < 1.29 is 17.6 Å². The van der Waals surface area contributed by atoms with Gasteiger partial charge in [0.1, 0.15) is 0 Å². The second-order valence-electron chi connectivity index (χ2n) is 2.00. The Kier molecular flexibility index (Phi) is 2.75. The molecule has 66 valence electrons. The maximum absolute atomic E-state index is 12.2. The van der Waals surface area contributed by atoms with Crippen LogP contribution >= 0.6 is 0 Å². The van der Waals surface area contributed by atoms with Gasteiger partial charge in [0.25, 0.3) is 0 Å². The van der Waals surface area contributed by atoms with Crippen LogP contribution in [0.2, 0.25) is 0 Å². The van der Waals surface area contributed by atoms with Crippen molar-refractivity contribution in [3.8, 4) is 0 Å². The first-order chi connectivity index (χ1) is 5.47. The number of hydrogen-bond donors (Lipinski definition) is 0. The van der Waals surface area contributed by atoms with Gasteiger partial charge in [-0.05, 0) is 0 Å². The molecule has 0 radical (unpaired) electrons. The van der Waals surface area contributed by atoms with Crippen molar-refractivity contribution in [2.24, 2.45) is 0 Å². The maximum atomic E-state index is 12.2. The molecule has 0 fully saturated rings.